The van der Waals surface area contributed by atoms with Gasteiger partial charge >= 0.3 is 6.03 Å². The van der Waals surface area contributed by atoms with Gasteiger partial charge in [-0.05, 0) is 61.2 Å². The summed E-state index contributed by atoms with van der Waals surface area (Å²) >= 11 is 3.58. The SMILES string of the molecule is C[C@@]12Cc3c([nH]c4ccc(Br)cc34)[C@@H](c3cccc(O)c3)N1C(=O)N(CCCN1CC=CCC1)C2=O. The Labute approximate surface area is 218 Å². The number of benzene rings is 2. The zero-order valence-electron chi connectivity index (χ0n) is 20.2. The minimum Gasteiger partial charge on any atom is -0.508 e. The molecule has 6 rings (SSSR count). The highest BCUT2D eigenvalue weighted by molar-refractivity contribution is 9.10. The Morgan fingerprint density at radius 3 is 2.78 bits per heavy atom. The van der Waals surface area contributed by atoms with Crippen molar-refractivity contribution in [2.24, 2.45) is 0 Å². The van der Waals surface area contributed by atoms with Gasteiger partial charge in [-0.1, -0.05) is 40.2 Å². The highest BCUT2D eigenvalue weighted by atomic mass is 79.9. The number of carbonyl (C=O) groups is 2. The first-order valence-corrected chi connectivity index (χ1v) is 13.3. The smallest absolute Gasteiger partial charge is 0.328 e. The summed E-state index contributed by atoms with van der Waals surface area (Å²) in [4.78, 5) is 36.9. The molecule has 3 aliphatic rings. The van der Waals surface area contributed by atoms with Gasteiger partial charge in [-0.15, -0.1) is 0 Å². The van der Waals surface area contributed by atoms with Crippen LogP contribution in [0, 0.1) is 0 Å². The van der Waals surface area contributed by atoms with E-state index in [2.05, 4.69) is 44.0 Å². The van der Waals surface area contributed by atoms with Crippen molar-refractivity contribution < 1.29 is 14.7 Å². The number of aromatic amines is 1. The van der Waals surface area contributed by atoms with Crippen LogP contribution in [0.15, 0.2) is 59.1 Å². The van der Waals surface area contributed by atoms with E-state index < -0.39 is 11.6 Å². The highest BCUT2D eigenvalue weighted by Crippen LogP contribution is 2.49. The molecule has 1 aromatic heterocycles. The van der Waals surface area contributed by atoms with E-state index in [4.69, 9.17) is 0 Å². The molecule has 1 fully saturated rings. The van der Waals surface area contributed by atoms with Crippen molar-refractivity contribution in [2.45, 2.75) is 37.8 Å². The lowest BCUT2D eigenvalue weighted by Gasteiger charge is -2.42. The maximum absolute atomic E-state index is 13.9. The van der Waals surface area contributed by atoms with Crippen LogP contribution in [-0.4, -0.2) is 68.4 Å². The molecule has 186 valence electrons. The van der Waals surface area contributed by atoms with Gasteiger partial charge in [0.15, 0.2) is 0 Å². The summed E-state index contributed by atoms with van der Waals surface area (Å²) in [5.41, 5.74) is 2.67. The average molecular weight is 549 g/mol. The van der Waals surface area contributed by atoms with E-state index in [0.29, 0.717) is 13.0 Å². The number of aromatic hydroxyl groups is 1. The molecule has 2 atom stereocenters. The second kappa shape index (κ2) is 8.78. The maximum atomic E-state index is 13.9. The van der Waals surface area contributed by atoms with Gasteiger partial charge in [-0.25, -0.2) is 4.79 Å². The van der Waals surface area contributed by atoms with Crippen molar-refractivity contribution in [3.8, 4) is 5.75 Å². The van der Waals surface area contributed by atoms with Crippen LogP contribution in [0.3, 0.4) is 0 Å². The molecule has 8 heteroatoms. The topological polar surface area (TPSA) is 79.9 Å². The summed E-state index contributed by atoms with van der Waals surface area (Å²) < 4.78 is 0.960. The van der Waals surface area contributed by atoms with Crippen LogP contribution in [0.2, 0.25) is 0 Å². The van der Waals surface area contributed by atoms with Crippen molar-refractivity contribution in [3.05, 3.63) is 75.9 Å². The number of nitrogens with one attached hydrogen (secondary N) is 1. The number of H-pyrrole nitrogens is 1. The monoisotopic (exact) mass is 548 g/mol. The van der Waals surface area contributed by atoms with Crippen molar-refractivity contribution in [3.63, 3.8) is 0 Å². The number of rotatable bonds is 5. The van der Waals surface area contributed by atoms with Gasteiger partial charge in [0.05, 0.1) is 0 Å². The Bertz CT molecular complexity index is 1400. The first-order valence-electron chi connectivity index (χ1n) is 12.5. The fraction of sp³-hybridized carbons (Fsp3) is 0.357. The van der Waals surface area contributed by atoms with E-state index in [0.717, 1.165) is 64.7 Å². The fourth-order valence-corrected chi connectivity index (χ4v) is 6.43. The molecule has 3 aliphatic heterocycles. The number of hydrogen-bond acceptors (Lipinski definition) is 4. The molecule has 0 unspecified atom stereocenters. The predicted octanol–water partition coefficient (Wildman–Crippen LogP) is 4.96. The van der Waals surface area contributed by atoms with Crippen LogP contribution < -0.4 is 0 Å². The van der Waals surface area contributed by atoms with Gasteiger partial charge in [0.2, 0.25) is 0 Å². The Hall–Kier alpha value is -3.10. The van der Waals surface area contributed by atoms with Gasteiger partial charge in [0.25, 0.3) is 5.91 Å². The number of carbonyl (C=O) groups excluding carboxylic acids is 2. The van der Waals surface area contributed by atoms with Crippen molar-refractivity contribution in [2.75, 3.05) is 26.2 Å². The van der Waals surface area contributed by atoms with Gasteiger partial charge in [0, 0.05) is 53.7 Å². The molecule has 0 aliphatic carbocycles. The van der Waals surface area contributed by atoms with Crippen LogP contribution in [0.4, 0.5) is 4.79 Å². The second-order valence-corrected chi connectivity index (χ2v) is 11.1. The minimum atomic E-state index is -1.01. The first kappa shape index (κ1) is 23.3. The van der Waals surface area contributed by atoms with E-state index in [1.165, 1.54) is 4.90 Å². The van der Waals surface area contributed by atoms with Crippen molar-refractivity contribution >= 4 is 38.8 Å². The molecule has 3 aromatic rings. The molecule has 3 amide bonds. The molecule has 0 spiro atoms. The molecule has 0 radical (unpaired) electrons. The predicted molar refractivity (Wildman–Crippen MR) is 142 cm³/mol. The van der Waals surface area contributed by atoms with E-state index >= 15 is 0 Å². The van der Waals surface area contributed by atoms with E-state index in [9.17, 15) is 14.7 Å². The lowest BCUT2D eigenvalue weighted by Crippen LogP contribution is -2.53. The van der Waals surface area contributed by atoms with Gasteiger partial charge < -0.3 is 10.1 Å². The Morgan fingerprint density at radius 2 is 2.00 bits per heavy atom. The summed E-state index contributed by atoms with van der Waals surface area (Å²) in [6.45, 7) is 5.07. The number of imide groups is 1. The maximum Gasteiger partial charge on any atom is 0.328 e. The van der Waals surface area contributed by atoms with Crippen molar-refractivity contribution in [1.29, 1.82) is 0 Å². The first-order chi connectivity index (χ1) is 17.4. The molecule has 2 N–H and O–H groups in total. The Morgan fingerprint density at radius 1 is 1.14 bits per heavy atom. The number of phenolic OH excluding ortho intramolecular Hbond substituents is 1. The molecular weight excluding hydrogens is 520 g/mol. The van der Waals surface area contributed by atoms with Crippen LogP contribution in [0.5, 0.6) is 5.75 Å². The standard InChI is InChI=1S/C28H29BrN4O3/c1-28-17-22-21-16-19(29)9-10-23(21)30-24(22)25(18-7-5-8-20(34)15-18)33(28)27(36)32(26(28)35)14-6-13-31-11-3-2-4-12-31/h2-3,5,7-10,15-16,25,30,34H,4,6,11-14,17H2,1H3/t25-,28+/m1/s1. The lowest BCUT2D eigenvalue weighted by molar-refractivity contribution is -0.133. The van der Waals surface area contributed by atoms with Crippen LogP contribution in [0.1, 0.15) is 42.6 Å². The molecule has 1 saturated heterocycles. The normalized spacial score (nSPS) is 24.0. The number of nitrogens with zero attached hydrogens (tertiary/aromatic N) is 3. The number of hydrogen-bond donors (Lipinski definition) is 2. The van der Waals surface area contributed by atoms with Crippen LogP contribution in [0.25, 0.3) is 10.9 Å². The Kier molecular flexibility index (Phi) is 5.68. The number of halogens is 1. The van der Waals surface area contributed by atoms with E-state index in [-0.39, 0.29) is 17.7 Å². The van der Waals surface area contributed by atoms with E-state index in [1.807, 2.05) is 25.1 Å². The number of phenols is 1. The van der Waals surface area contributed by atoms with Gasteiger partial charge in [-0.2, -0.15) is 0 Å². The largest absolute Gasteiger partial charge is 0.508 e. The third-order valence-electron chi connectivity index (χ3n) is 7.81. The molecule has 36 heavy (non-hydrogen) atoms. The highest BCUT2D eigenvalue weighted by Gasteiger charge is 2.60. The minimum absolute atomic E-state index is 0.130. The zero-order valence-corrected chi connectivity index (χ0v) is 21.8. The third-order valence-corrected chi connectivity index (χ3v) is 8.31. The summed E-state index contributed by atoms with van der Waals surface area (Å²) in [5, 5.41) is 11.3. The molecule has 7 nitrogen and oxygen atoms in total. The second-order valence-electron chi connectivity index (χ2n) is 10.2. The summed E-state index contributed by atoms with van der Waals surface area (Å²) in [6.07, 6.45) is 6.59. The number of aromatic nitrogens is 1. The van der Waals surface area contributed by atoms with Crippen LogP contribution in [-0.2, 0) is 11.2 Å². The molecule has 4 heterocycles. The average Bonchev–Trinajstić information content (AvgIpc) is 3.30. The molecule has 2 aromatic carbocycles. The number of fused-ring (bicyclic) bond motifs is 4. The van der Waals surface area contributed by atoms with Gasteiger partial charge in [-0.3, -0.25) is 19.5 Å². The summed E-state index contributed by atoms with van der Waals surface area (Å²) in [5.74, 6) is -0.0169. The van der Waals surface area contributed by atoms with Crippen LogP contribution >= 0.6 is 15.9 Å². The number of urea groups is 1. The summed E-state index contributed by atoms with van der Waals surface area (Å²) in [7, 11) is 0. The van der Waals surface area contributed by atoms with E-state index in [1.54, 1.807) is 23.1 Å². The fourth-order valence-electron chi connectivity index (χ4n) is 6.07. The zero-order chi connectivity index (χ0) is 25.0. The van der Waals surface area contributed by atoms with Crippen molar-refractivity contribution in [1.82, 2.24) is 19.7 Å². The number of amides is 3. The molecular formula is C28H29BrN4O3. The molecule has 0 saturated carbocycles. The Balaban J connectivity index is 1.39. The quantitative estimate of drug-likeness (QED) is 0.349. The molecule has 0 bridgehead atoms. The summed E-state index contributed by atoms with van der Waals surface area (Å²) in [6, 6.07) is 12.3. The van der Waals surface area contributed by atoms with Gasteiger partial charge in [0.1, 0.15) is 17.3 Å². The third kappa shape index (κ3) is 3.66. The lowest BCUT2D eigenvalue weighted by atomic mass is 9.81.